The second-order valence-corrected chi connectivity index (χ2v) is 4.47. The lowest BCUT2D eigenvalue weighted by Gasteiger charge is -2.06. The van der Waals surface area contributed by atoms with Crippen molar-refractivity contribution in [3.63, 3.8) is 0 Å². The van der Waals surface area contributed by atoms with Gasteiger partial charge in [-0.2, -0.15) is 18.3 Å². The van der Waals surface area contributed by atoms with Crippen LogP contribution >= 0.6 is 0 Å². The molecule has 2 N–H and O–H groups in total. The maximum Gasteiger partial charge on any atom is 0.433 e. The van der Waals surface area contributed by atoms with Crippen LogP contribution in [0.25, 0.3) is 22.3 Å². The molecule has 22 heavy (non-hydrogen) atoms. The van der Waals surface area contributed by atoms with Gasteiger partial charge in [0.15, 0.2) is 0 Å². The number of halogens is 3. The standard InChI is InChI=1S/C13H9F3N4O2/c1-22-12(21)9-4-6-2-3-8(18-11(6)19-9)7-5-17-20-10(7)13(14,15)16/h2-5H,1H3,(H,17,20)(H,18,19). The van der Waals surface area contributed by atoms with Crippen LogP contribution in [0.5, 0.6) is 0 Å². The molecule has 0 radical (unpaired) electrons. The molecule has 114 valence electrons. The van der Waals surface area contributed by atoms with E-state index < -0.39 is 17.8 Å². The number of pyridine rings is 1. The first kappa shape index (κ1) is 14.1. The van der Waals surface area contributed by atoms with Crippen LogP contribution in [0, 0.1) is 0 Å². The fraction of sp³-hybridized carbons (Fsp3) is 0.154. The molecule has 0 aliphatic heterocycles. The number of carbonyl (C=O) groups excluding carboxylic acids is 1. The maximum absolute atomic E-state index is 12.9. The fourth-order valence-electron chi connectivity index (χ4n) is 2.07. The molecule has 6 nitrogen and oxygen atoms in total. The van der Waals surface area contributed by atoms with Crippen LogP contribution in [0.2, 0.25) is 0 Å². The second kappa shape index (κ2) is 4.86. The van der Waals surface area contributed by atoms with Crippen molar-refractivity contribution in [3.8, 4) is 11.3 Å². The summed E-state index contributed by atoms with van der Waals surface area (Å²) in [5.41, 5.74) is -0.591. The Balaban J connectivity index is 2.10. The number of rotatable bonds is 2. The number of nitrogens with zero attached hydrogens (tertiary/aromatic N) is 2. The van der Waals surface area contributed by atoms with Crippen LogP contribution < -0.4 is 0 Å². The molecule has 0 aliphatic rings. The molecular formula is C13H9F3N4O2. The number of esters is 1. The van der Waals surface area contributed by atoms with Crippen molar-refractivity contribution < 1.29 is 22.7 Å². The van der Waals surface area contributed by atoms with Gasteiger partial charge in [-0.15, -0.1) is 0 Å². The average Bonchev–Trinajstić information content (AvgIpc) is 3.11. The Hall–Kier alpha value is -2.84. The molecular weight excluding hydrogens is 301 g/mol. The number of ether oxygens (including phenoxy) is 1. The van der Waals surface area contributed by atoms with Crippen molar-refractivity contribution in [2.45, 2.75) is 6.18 Å². The molecule has 0 aliphatic carbocycles. The molecule has 0 saturated carbocycles. The monoisotopic (exact) mass is 310 g/mol. The van der Waals surface area contributed by atoms with E-state index in [9.17, 15) is 18.0 Å². The number of alkyl halides is 3. The summed E-state index contributed by atoms with van der Waals surface area (Å²) in [6, 6.07) is 4.50. The minimum Gasteiger partial charge on any atom is -0.464 e. The number of nitrogens with one attached hydrogen (secondary N) is 2. The van der Waals surface area contributed by atoms with E-state index in [1.807, 2.05) is 5.10 Å². The molecule has 0 fully saturated rings. The van der Waals surface area contributed by atoms with Gasteiger partial charge in [-0.3, -0.25) is 5.10 Å². The van der Waals surface area contributed by atoms with Crippen LogP contribution in [-0.4, -0.2) is 33.2 Å². The van der Waals surface area contributed by atoms with Gasteiger partial charge in [-0.1, -0.05) is 0 Å². The minimum atomic E-state index is -4.56. The largest absolute Gasteiger partial charge is 0.464 e. The summed E-state index contributed by atoms with van der Waals surface area (Å²) in [4.78, 5) is 18.3. The lowest BCUT2D eigenvalue weighted by Crippen LogP contribution is -2.07. The molecule has 0 unspecified atom stereocenters. The van der Waals surface area contributed by atoms with Crippen molar-refractivity contribution in [2.75, 3.05) is 7.11 Å². The number of hydrogen-bond acceptors (Lipinski definition) is 4. The normalized spacial score (nSPS) is 11.8. The highest BCUT2D eigenvalue weighted by atomic mass is 19.4. The number of methoxy groups -OCH3 is 1. The molecule has 0 aromatic carbocycles. The quantitative estimate of drug-likeness (QED) is 0.713. The van der Waals surface area contributed by atoms with E-state index in [2.05, 4.69) is 19.8 Å². The predicted octanol–water partition coefficient (Wildman–Crippen LogP) is 2.76. The number of fused-ring (bicyclic) bond motifs is 1. The number of carbonyl (C=O) groups is 1. The third-order valence-electron chi connectivity index (χ3n) is 3.08. The van der Waals surface area contributed by atoms with E-state index in [-0.39, 0.29) is 22.6 Å². The van der Waals surface area contributed by atoms with Gasteiger partial charge in [0.05, 0.1) is 24.6 Å². The summed E-state index contributed by atoms with van der Waals surface area (Å²) in [6.45, 7) is 0. The van der Waals surface area contributed by atoms with Crippen molar-refractivity contribution in [2.24, 2.45) is 0 Å². The summed E-state index contributed by atoms with van der Waals surface area (Å²) in [6.07, 6.45) is -3.50. The third-order valence-corrected chi connectivity index (χ3v) is 3.08. The number of hydrogen-bond donors (Lipinski definition) is 2. The first-order chi connectivity index (χ1) is 10.4. The Labute approximate surface area is 121 Å². The zero-order valence-electron chi connectivity index (χ0n) is 11.2. The molecule has 3 aromatic rings. The summed E-state index contributed by atoms with van der Waals surface area (Å²) in [7, 11) is 1.23. The number of H-pyrrole nitrogens is 2. The lowest BCUT2D eigenvalue weighted by molar-refractivity contribution is -0.140. The minimum absolute atomic E-state index is 0.0897. The molecule has 3 aromatic heterocycles. The molecule has 0 spiro atoms. The van der Waals surface area contributed by atoms with Gasteiger partial charge in [0, 0.05) is 5.39 Å². The highest BCUT2D eigenvalue weighted by Crippen LogP contribution is 2.35. The zero-order chi connectivity index (χ0) is 15.9. The van der Waals surface area contributed by atoms with E-state index in [0.29, 0.717) is 5.39 Å². The molecule has 3 rings (SSSR count). The molecule has 3 heterocycles. The predicted molar refractivity (Wildman–Crippen MR) is 70.0 cm³/mol. The van der Waals surface area contributed by atoms with Crippen LogP contribution in [0.15, 0.2) is 24.4 Å². The highest BCUT2D eigenvalue weighted by Gasteiger charge is 2.36. The first-order valence-electron chi connectivity index (χ1n) is 6.09. The van der Waals surface area contributed by atoms with Gasteiger partial charge in [-0.05, 0) is 18.2 Å². The van der Waals surface area contributed by atoms with Gasteiger partial charge >= 0.3 is 12.1 Å². The lowest BCUT2D eigenvalue weighted by atomic mass is 10.1. The SMILES string of the molecule is COC(=O)c1cc2ccc(-c3cn[nH]c3C(F)(F)F)nc2[nH]1. The fourth-order valence-corrected chi connectivity index (χ4v) is 2.07. The topological polar surface area (TPSA) is 83.7 Å². The summed E-state index contributed by atoms with van der Waals surface area (Å²) >= 11 is 0. The summed E-state index contributed by atoms with van der Waals surface area (Å²) in [5, 5.41) is 5.93. The number of aromatic amines is 2. The summed E-state index contributed by atoms with van der Waals surface area (Å²) < 4.78 is 43.2. The molecule has 9 heteroatoms. The Morgan fingerprint density at radius 2 is 2.09 bits per heavy atom. The molecule has 0 saturated heterocycles. The Morgan fingerprint density at radius 1 is 1.32 bits per heavy atom. The van der Waals surface area contributed by atoms with Crippen molar-refractivity contribution in [1.82, 2.24) is 20.2 Å². The van der Waals surface area contributed by atoms with E-state index in [1.54, 1.807) is 6.07 Å². The van der Waals surface area contributed by atoms with Gasteiger partial charge in [0.2, 0.25) is 0 Å². The van der Waals surface area contributed by atoms with Gasteiger partial charge in [0.1, 0.15) is 17.0 Å². The smallest absolute Gasteiger partial charge is 0.433 e. The number of aromatic nitrogens is 4. The van der Waals surface area contributed by atoms with Crippen LogP contribution in [0.1, 0.15) is 16.2 Å². The van der Waals surface area contributed by atoms with Crippen molar-refractivity contribution in [3.05, 3.63) is 35.8 Å². The maximum atomic E-state index is 12.9. The molecule has 0 atom stereocenters. The second-order valence-electron chi connectivity index (χ2n) is 4.47. The van der Waals surface area contributed by atoms with Crippen LogP contribution in [-0.2, 0) is 10.9 Å². The van der Waals surface area contributed by atoms with Gasteiger partial charge in [-0.25, -0.2) is 9.78 Å². The Morgan fingerprint density at radius 3 is 2.77 bits per heavy atom. The Kier molecular flexibility index (Phi) is 3.12. The first-order valence-corrected chi connectivity index (χ1v) is 6.09. The average molecular weight is 310 g/mol. The third kappa shape index (κ3) is 2.30. The van der Waals surface area contributed by atoms with Crippen molar-refractivity contribution >= 4 is 17.0 Å². The highest BCUT2D eigenvalue weighted by molar-refractivity contribution is 5.94. The van der Waals surface area contributed by atoms with Crippen LogP contribution in [0.3, 0.4) is 0 Å². The summed E-state index contributed by atoms with van der Waals surface area (Å²) in [5.74, 6) is -0.584. The zero-order valence-corrected chi connectivity index (χ0v) is 11.2. The molecule has 0 bridgehead atoms. The van der Waals surface area contributed by atoms with E-state index >= 15 is 0 Å². The molecule has 0 amide bonds. The van der Waals surface area contributed by atoms with Crippen LogP contribution in [0.4, 0.5) is 13.2 Å². The van der Waals surface area contributed by atoms with E-state index in [1.165, 1.54) is 19.2 Å². The van der Waals surface area contributed by atoms with E-state index in [0.717, 1.165) is 6.20 Å². The van der Waals surface area contributed by atoms with Gasteiger partial charge < -0.3 is 9.72 Å². The van der Waals surface area contributed by atoms with Gasteiger partial charge in [0.25, 0.3) is 0 Å². The Bertz CT molecular complexity index is 850. The van der Waals surface area contributed by atoms with Crippen molar-refractivity contribution in [1.29, 1.82) is 0 Å². The van der Waals surface area contributed by atoms with E-state index in [4.69, 9.17) is 0 Å².